The van der Waals surface area contributed by atoms with Crippen LogP contribution in [0.4, 0.5) is 0 Å². The predicted octanol–water partition coefficient (Wildman–Crippen LogP) is 1.26. The Morgan fingerprint density at radius 1 is 1.53 bits per heavy atom. The maximum Gasteiger partial charge on any atom is 0.265 e. The van der Waals surface area contributed by atoms with E-state index in [1.54, 1.807) is 5.51 Å². The first kappa shape index (κ1) is 11.2. The largest absolute Gasteiger partial charge is 0.337 e. The van der Waals surface area contributed by atoms with E-state index in [1.807, 2.05) is 11.8 Å². The first-order valence-corrected chi connectivity index (χ1v) is 6.99. The summed E-state index contributed by atoms with van der Waals surface area (Å²) in [7, 11) is 0. The number of nitrogens with two attached hydrogens (primary N) is 1. The first-order valence-electron chi connectivity index (χ1n) is 6.11. The molecule has 3 rings (SSSR count). The van der Waals surface area contributed by atoms with Gasteiger partial charge in [0.1, 0.15) is 4.88 Å². The monoisotopic (exact) mass is 251 g/mol. The van der Waals surface area contributed by atoms with Crippen molar-refractivity contribution in [3.63, 3.8) is 0 Å². The summed E-state index contributed by atoms with van der Waals surface area (Å²) < 4.78 is 0. The lowest BCUT2D eigenvalue weighted by Gasteiger charge is -2.18. The summed E-state index contributed by atoms with van der Waals surface area (Å²) in [6.07, 6.45) is 2.30. The predicted molar refractivity (Wildman–Crippen MR) is 66.9 cm³/mol. The van der Waals surface area contributed by atoms with Gasteiger partial charge in [-0.1, -0.05) is 0 Å². The molecule has 2 aliphatic rings. The number of aryl methyl sites for hydroxylation is 1. The number of hydrogen-bond acceptors (Lipinski definition) is 4. The molecule has 0 bridgehead atoms. The van der Waals surface area contributed by atoms with E-state index >= 15 is 0 Å². The molecule has 1 aromatic heterocycles. The zero-order chi connectivity index (χ0) is 12.0. The van der Waals surface area contributed by atoms with Crippen LogP contribution in [0.2, 0.25) is 0 Å². The summed E-state index contributed by atoms with van der Waals surface area (Å²) >= 11 is 1.44. The molecular formula is C12H17N3OS. The number of amides is 1. The molecule has 5 heteroatoms. The van der Waals surface area contributed by atoms with E-state index in [-0.39, 0.29) is 5.91 Å². The number of thiazole rings is 1. The Morgan fingerprint density at radius 3 is 3.00 bits per heavy atom. The average Bonchev–Trinajstić information content (AvgIpc) is 2.96. The van der Waals surface area contributed by atoms with Crippen LogP contribution in [0.15, 0.2) is 5.51 Å². The topological polar surface area (TPSA) is 59.2 Å². The van der Waals surface area contributed by atoms with Crippen LogP contribution in [-0.4, -0.2) is 34.9 Å². The minimum Gasteiger partial charge on any atom is -0.337 e. The molecule has 1 saturated carbocycles. The second kappa shape index (κ2) is 4.07. The third-order valence-corrected chi connectivity index (χ3v) is 5.06. The maximum atomic E-state index is 12.3. The molecule has 3 unspecified atom stereocenters. The van der Waals surface area contributed by atoms with Crippen molar-refractivity contribution in [1.29, 1.82) is 0 Å². The number of likely N-dealkylation sites (tertiary alicyclic amines) is 1. The fraction of sp³-hybridized carbons (Fsp3) is 0.667. The van der Waals surface area contributed by atoms with Crippen molar-refractivity contribution in [3.05, 3.63) is 16.1 Å². The fourth-order valence-corrected chi connectivity index (χ4v) is 3.89. The SMILES string of the molecule is Cc1ncsc1C(=O)N1CC2CCC(N)C2C1. The zero-order valence-corrected chi connectivity index (χ0v) is 10.7. The van der Waals surface area contributed by atoms with Gasteiger partial charge in [-0.05, 0) is 31.6 Å². The molecule has 1 saturated heterocycles. The smallest absolute Gasteiger partial charge is 0.265 e. The number of hydrogen-bond donors (Lipinski definition) is 1. The number of nitrogens with zero attached hydrogens (tertiary/aromatic N) is 2. The van der Waals surface area contributed by atoms with Crippen LogP contribution in [0, 0.1) is 18.8 Å². The molecule has 1 aliphatic heterocycles. The molecule has 1 aliphatic carbocycles. The van der Waals surface area contributed by atoms with Crippen molar-refractivity contribution < 1.29 is 4.79 Å². The molecule has 0 radical (unpaired) electrons. The second-order valence-corrected chi connectivity index (χ2v) is 6.00. The molecule has 3 atom stereocenters. The van der Waals surface area contributed by atoms with Crippen molar-refractivity contribution in [3.8, 4) is 0 Å². The highest BCUT2D eigenvalue weighted by Crippen LogP contribution is 2.37. The van der Waals surface area contributed by atoms with E-state index in [4.69, 9.17) is 5.73 Å². The fourth-order valence-electron chi connectivity index (χ4n) is 3.12. The Bertz CT molecular complexity index is 445. The second-order valence-electron chi connectivity index (χ2n) is 5.14. The van der Waals surface area contributed by atoms with Gasteiger partial charge in [0.15, 0.2) is 0 Å². The molecule has 1 amide bonds. The minimum absolute atomic E-state index is 0.145. The molecule has 2 N–H and O–H groups in total. The van der Waals surface area contributed by atoms with Gasteiger partial charge in [-0.3, -0.25) is 4.79 Å². The van der Waals surface area contributed by atoms with Crippen molar-refractivity contribution in [2.45, 2.75) is 25.8 Å². The van der Waals surface area contributed by atoms with Crippen LogP contribution in [0.5, 0.6) is 0 Å². The quantitative estimate of drug-likeness (QED) is 0.817. The maximum absolute atomic E-state index is 12.3. The Kier molecular flexibility index (Phi) is 2.67. The van der Waals surface area contributed by atoms with Gasteiger partial charge in [-0.2, -0.15) is 0 Å². The van der Waals surface area contributed by atoms with Crippen LogP contribution in [0.3, 0.4) is 0 Å². The summed E-state index contributed by atoms with van der Waals surface area (Å²) in [4.78, 5) is 19.2. The summed E-state index contributed by atoms with van der Waals surface area (Å²) in [6.45, 7) is 3.61. The van der Waals surface area contributed by atoms with E-state index in [9.17, 15) is 4.79 Å². The third kappa shape index (κ3) is 1.77. The lowest BCUT2D eigenvalue weighted by Crippen LogP contribution is -2.33. The van der Waals surface area contributed by atoms with Crippen LogP contribution in [0.25, 0.3) is 0 Å². The van der Waals surface area contributed by atoms with Crippen LogP contribution < -0.4 is 5.73 Å². The van der Waals surface area contributed by atoms with Crippen LogP contribution in [0.1, 0.15) is 28.2 Å². The number of fused-ring (bicyclic) bond motifs is 1. The minimum atomic E-state index is 0.145. The van der Waals surface area contributed by atoms with Crippen molar-refractivity contribution >= 4 is 17.2 Å². The highest BCUT2D eigenvalue weighted by molar-refractivity contribution is 7.11. The lowest BCUT2D eigenvalue weighted by molar-refractivity contribution is 0.0783. The van der Waals surface area contributed by atoms with Crippen molar-refractivity contribution in [2.75, 3.05) is 13.1 Å². The van der Waals surface area contributed by atoms with Gasteiger partial charge >= 0.3 is 0 Å². The summed E-state index contributed by atoms with van der Waals surface area (Å²) in [5.74, 6) is 1.29. The normalized spacial score (nSPS) is 31.9. The van der Waals surface area contributed by atoms with Gasteiger partial charge in [0, 0.05) is 19.1 Å². The van der Waals surface area contributed by atoms with E-state index < -0.39 is 0 Å². The molecule has 17 heavy (non-hydrogen) atoms. The Labute approximate surface area is 105 Å². The highest BCUT2D eigenvalue weighted by atomic mass is 32.1. The summed E-state index contributed by atoms with van der Waals surface area (Å²) in [5.41, 5.74) is 8.67. The van der Waals surface area contributed by atoms with E-state index in [2.05, 4.69) is 4.98 Å². The average molecular weight is 251 g/mol. The summed E-state index contributed by atoms with van der Waals surface area (Å²) in [5, 5.41) is 0. The zero-order valence-electron chi connectivity index (χ0n) is 9.93. The Balaban J connectivity index is 1.75. The van der Waals surface area contributed by atoms with Crippen molar-refractivity contribution in [1.82, 2.24) is 9.88 Å². The standard InChI is InChI=1S/C12H17N3OS/c1-7-11(17-6-14-7)12(16)15-4-8-2-3-10(13)9(8)5-15/h6,8-10H,2-5,13H2,1H3. The molecule has 1 aromatic rings. The van der Waals surface area contributed by atoms with Gasteiger partial charge in [-0.15, -0.1) is 11.3 Å². The Hall–Kier alpha value is -0.940. The third-order valence-electron chi connectivity index (χ3n) is 4.14. The number of aromatic nitrogens is 1. The number of carbonyl (C=O) groups excluding carboxylic acids is 1. The summed E-state index contributed by atoms with van der Waals surface area (Å²) in [6, 6.07) is 0.292. The van der Waals surface area contributed by atoms with Gasteiger partial charge in [0.25, 0.3) is 5.91 Å². The Morgan fingerprint density at radius 2 is 2.35 bits per heavy atom. The van der Waals surface area contributed by atoms with E-state index in [0.717, 1.165) is 30.1 Å². The highest BCUT2D eigenvalue weighted by Gasteiger charge is 2.42. The van der Waals surface area contributed by atoms with Crippen LogP contribution in [-0.2, 0) is 0 Å². The number of rotatable bonds is 1. The molecule has 2 fully saturated rings. The lowest BCUT2D eigenvalue weighted by atomic mass is 9.98. The van der Waals surface area contributed by atoms with Gasteiger partial charge < -0.3 is 10.6 Å². The molecule has 2 heterocycles. The molecule has 0 aromatic carbocycles. The van der Waals surface area contributed by atoms with Crippen molar-refractivity contribution in [2.24, 2.45) is 17.6 Å². The molecule has 4 nitrogen and oxygen atoms in total. The van der Waals surface area contributed by atoms with Gasteiger partial charge in [0.2, 0.25) is 0 Å². The number of carbonyl (C=O) groups is 1. The van der Waals surface area contributed by atoms with Gasteiger partial charge in [-0.25, -0.2) is 4.98 Å². The van der Waals surface area contributed by atoms with Gasteiger partial charge in [0.05, 0.1) is 11.2 Å². The molecule has 0 spiro atoms. The van der Waals surface area contributed by atoms with E-state index in [1.165, 1.54) is 17.8 Å². The molecular weight excluding hydrogens is 234 g/mol. The van der Waals surface area contributed by atoms with Crippen LogP contribution >= 0.6 is 11.3 Å². The first-order chi connectivity index (χ1) is 8.16. The molecule has 92 valence electrons. The van der Waals surface area contributed by atoms with E-state index in [0.29, 0.717) is 17.9 Å².